The van der Waals surface area contributed by atoms with Crippen molar-refractivity contribution in [3.05, 3.63) is 32.7 Å². The lowest BCUT2D eigenvalue weighted by Gasteiger charge is -2.10. The van der Waals surface area contributed by atoms with Gasteiger partial charge in [0.05, 0.1) is 0 Å². The molecule has 0 radical (unpaired) electrons. The third kappa shape index (κ3) is 3.27. The minimum absolute atomic E-state index is 0.0282. The Bertz CT molecular complexity index is 621. The number of pyridine rings is 1. The molecule has 0 aliphatic heterocycles. The lowest BCUT2D eigenvalue weighted by Crippen LogP contribution is -2.26. The number of amides is 1. The Morgan fingerprint density at radius 2 is 2.15 bits per heavy atom. The minimum atomic E-state index is -0.357. The first kappa shape index (κ1) is 14.3. The monoisotopic (exact) mass is 273 g/mol. The summed E-state index contributed by atoms with van der Waals surface area (Å²) < 4.78 is 0. The number of nitriles is 1. The smallest absolute Gasteiger partial charge is 0.266 e. The number of aromatic amines is 1. The fourth-order valence-electron chi connectivity index (χ4n) is 2.33. The quantitative estimate of drug-likeness (QED) is 0.848. The third-order valence-electron chi connectivity index (χ3n) is 3.81. The highest BCUT2D eigenvalue weighted by molar-refractivity contribution is 5.76. The molecular weight excluding hydrogens is 254 g/mol. The van der Waals surface area contributed by atoms with Crippen molar-refractivity contribution in [3.8, 4) is 6.07 Å². The summed E-state index contributed by atoms with van der Waals surface area (Å²) in [7, 11) is 0. The highest BCUT2D eigenvalue weighted by Crippen LogP contribution is 2.27. The van der Waals surface area contributed by atoms with Gasteiger partial charge in [-0.25, -0.2) is 0 Å². The van der Waals surface area contributed by atoms with Crippen molar-refractivity contribution in [1.82, 2.24) is 10.3 Å². The highest BCUT2D eigenvalue weighted by atomic mass is 16.1. The summed E-state index contributed by atoms with van der Waals surface area (Å²) in [5, 5.41) is 11.9. The number of H-pyrrole nitrogens is 1. The molecule has 1 saturated carbocycles. The number of carbonyl (C=O) groups is 1. The molecule has 5 heteroatoms. The molecule has 2 rings (SSSR count). The number of aromatic nitrogens is 1. The first-order valence-corrected chi connectivity index (χ1v) is 6.92. The molecule has 1 aromatic heterocycles. The molecule has 2 N–H and O–H groups in total. The average molecular weight is 273 g/mol. The largest absolute Gasteiger partial charge is 0.356 e. The lowest BCUT2D eigenvalue weighted by molar-refractivity contribution is -0.121. The lowest BCUT2D eigenvalue weighted by atomic mass is 9.99. The van der Waals surface area contributed by atoms with E-state index in [1.54, 1.807) is 13.8 Å². The number of nitrogens with one attached hydrogen (secondary N) is 2. The Morgan fingerprint density at radius 3 is 2.75 bits per heavy atom. The predicted octanol–water partition coefficient (Wildman–Crippen LogP) is 1.32. The molecule has 5 nitrogen and oxygen atoms in total. The highest BCUT2D eigenvalue weighted by Gasteiger charge is 2.21. The molecular formula is C15H19N3O2. The molecule has 20 heavy (non-hydrogen) atoms. The van der Waals surface area contributed by atoms with E-state index in [-0.39, 0.29) is 17.0 Å². The van der Waals surface area contributed by atoms with Gasteiger partial charge in [-0.2, -0.15) is 5.26 Å². The molecule has 0 spiro atoms. The van der Waals surface area contributed by atoms with Gasteiger partial charge in [-0.15, -0.1) is 0 Å². The van der Waals surface area contributed by atoms with Crippen LogP contribution in [0.15, 0.2) is 4.79 Å². The van der Waals surface area contributed by atoms with Gasteiger partial charge < -0.3 is 10.3 Å². The zero-order chi connectivity index (χ0) is 14.7. The average Bonchev–Trinajstić information content (AvgIpc) is 3.20. The predicted molar refractivity (Wildman–Crippen MR) is 75.3 cm³/mol. The van der Waals surface area contributed by atoms with Crippen LogP contribution in [-0.2, 0) is 11.2 Å². The first-order valence-electron chi connectivity index (χ1n) is 6.92. The van der Waals surface area contributed by atoms with E-state index in [4.69, 9.17) is 5.26 Å². The molecule has 1 fully saturated rings. The SMILES string of the molecule is Cc1[nH]c(=O)c(C#N)c(C)c1CCC(=O)NCC1CC1. The maximum absolute atomic E-state index is 11.7. The summed E-state index contributed by atoms with van der Waals surface area (Å²) in [6.45, 7) is 4.33. The Balaban J connectivity index is 2.03. The van der Waals surface area contributed by atoms with Crippen molar-refractivity contribution < 1.29 is 4.79 Å². The molecule has 0 unspecified atom stereocenters. The van der Waals surface area contributed by atoms with Gasteiger partial charge >= 0.3 is 0 Å². The Morgan fingerprint density at radius 1 is 1.45 bits per heavy atom. The number of carbonyl (C=O) groups excluding carboxylic acids is 1. The first-order chi connectivity index (χ1) is 9.52. The van der Waals surface area contributed by atoms with Gasteiger partial charge in [0.1, 0.15) is 11.6 Å². The van der Waals surface area contributed by atoms with E-state index < -0.39 is 0 Å². The van der Waals surface area contributed by atoms with Crippen LogP contribution in [0, 0.1) is 31.1 Å². The third-order valence-corrected chi connectivity index (χ3v) is 3.81. The van der Waals surface area contributed by atoms with Crippen molar-refractivity contribution in [1.29, 1.82) is 5.26 Å². The zero-order valence-electron chi connectivity index (χ0n) is 11.9. The van der Waals surface area contributed by atoms with Crippen molar-refractivity contribution in [2.75, 3.05) is 6.54 Å². The second-order valence-electron chi connectivity index (χ2n) is 5.42. The fraction of sp³-hybridized carbons (Fsp3) is 0.533. The molecule has 0 bridgehead atoms. The van der Waals surface area contributed by atoms with Crippen LogP contribution in [0.2, 0.25) is 0 Å². The van der Waals surface area contributed by atoms with Crippen molar-refractivity contribution >= 4 is 5.91 Å². The van der Waals surface area contributed by atoms with Gasteiger partial charge in [0.25, 0.3) is 5.56 Å². The van der Waals surface area contributed by atoms with Crippen LogP contribution in [0.5, 0.6) is 0 Å². The molecule has 0 aromatic carbocycles. The van der Waals surface area contributed by atoms with Crippen molar-refractivity contribution in [2.45, 2.75) is 39.5 Å². The summed E-state index contributed by atoms with van der Waals surface area (Å²) in [5.41, 5.74) is 2.10. The topological polar surface area (TPSA) is 85.8 Å². The van der Waals surface area contributed by atoms with E-state index in [1.165, 1.54) is 12.8 Å². The van der Waals surface area contributed by atoms with E-state index in [0.29, 0.717) is 24.3 Å². The van der Waals surface area contributed by atoms with E-state index in [1.807, 2.05) is 6.07 Å². The zero-order valence-corrected chi connectivity index (χ0v) is 11.9. The van der Waals surface area contributed by atoms with Gasteiger partial charge in [-0.05, 0) is 50.2 Å². The second kappa shape index (κ2) is 5.91. The molecule has 1 heterocycles. The number of aryl methyl sites for hydroxylation is 1. The summed E-state index contributed by atoms with van der Waals surface area (Å²) >= 11 is 0. The van der Waals surface area contributed by atoms with Gasteiger partial charge in [0.15, 0.2) is 0 Å². The molecule has 0 atom stereocenters. The van der Waals surface area contributed by atoms with Gasteiger partial charge in [0.2, 0.25) is 5.91 Å². The summed E-state index contributed by atoms with van der Waals surface area (Å²) in [6, 6.07) is 1.92. The molecule has 1 amide bonds. The van der Waals surface area contributed by atoms with Crippen molar-refractivity contribution in [2.24, 2.45) is 5.92 Å². The number of nitrogens with zero attached hydrogens (tertiary/aromatic N) is 1. The molecule has 1 aliphatic rings. The molecule has 106 valence electrons. The number of hydrogen-bond donors (Lipinski definition) is 2. The standard InChI is InChI=1S/C15H19N3O2/c1-9-12(10(2)18-15(20)13(9)7-16)5-6-14(19)17-8-11-3-4-11/h11H,3-6,8H2,1-2H3,(H,17,19)(H,18,20). The molecule has 1 aliphatic carbocycles. The molecule has 0 saturated heterocycles. The van der Waals surface area contributed by atoms with E-state index in [9.17, 15) is 9.59 Å². The van der Waals surface area contributed by atoms with Gasteiger partial charge in [-0.3, -0.25) is 9.59 Å². The summed E-state index contributed by atoms with van der Waals surface area (Å²) in [6.07, 6.45) is 3.35. The van der Waals surface area contributed by atoms with Crippen LogP contribution in [0.3, 0.4) is 0 Å². The van der Waals surface area contributed by atoms with E-state index in [0.717, 1.165) is 17.8 Å². The van der Waals surface area contributed by atoms with Crippen LogP contribution >= 0.6 is 0 Å². The second-order valence-corrected chi connectivity index (χ2v) is 5.42. The van der Waals surface area contributed by atoms with Crippen LogP contribution in [-0.4, -0.2) is 17.4 Å². The van der Waals surface area contributed by atoms with Crippen LogP contribution < -0.4 is 10.9 Å². The normalized spacial score (nSPS) is 13.8. The van der Waals surface area contributed by atoms with Crippen LogP contribution in [0.1, 0.15) is 41.6 Å². The Kier molecular flexibility index (Phi) is 4.23. The minimum Gasteiger partial charge on any atom is -0.356 e. The van der Waals surface area contributed by atoms with Crippen LogP contribution in [0.25, 0.3) is 0 Å². The molecule has 1 aromatic rings. The maximum Gasteiger partial charge on any atom is 0.266 e. The number of hydrogen-bond acceptors (Lipinski definition) is 3. The summed E-state index contributed by atoms with van der Waals surface area (Å²) in [4.78, 5) is 26.0. The number of rotatable bonds is 5. The van der Waals surface area contributed by atoms with E-state index >= 15 is 0 Å². The Hall–Kier alpha value is -2.09. The Labute approximate surface area is 118 Å². The van der Waals surface area contributed by atoms with Crippen LogP contribution in [0.4, 0.5) is 0 Å². The van der Waals surface area contributed by atoms with Gasteiger partial charge in [0, 0.05) is 18.7 Å². The van der Waals surface area contributed by atoms with E-state index in [2.05, 4.69) is 10.3 Å². The fourth-order valence-corrected chi connectivity index (χ4v) is 2.33. The summed E-state index contributed by atoms with van der Waals surface area (Å²) in [5.74, 6) is 0.695. The van der Waals surface area contributed by atoms with Crippen molar-refractivity contribution in [3.63, 3.8) is 0 Å². The van der Waals surface area contributed by atoms with Gasteiger partial charge in [-0.1, -0.05) is 0 Å². The maximum atomic E-state index is 11.7.